The Labute approximate surface area is 104 Å². The van der Waals surface area contributed by atoms with Crippen molar-refractivity contribution in [3.63, 3.8) is 0 Å². The van der Waals surface area contributed by atoms with Crippen molar-refractivity contribution in [1.29, 1.82) is 0 Å². The lowest BCUT2D eigenvalue weighted by atomic mass is 10.1. The first-order chi connectivity index (χ1) is 8.37. The minimum Gasteiger partial charge on any atom is -0.269 e. The summed E-state index contributed by atoms with van der Waals surface area (Å²) in [5.41, 5.74) is -6.14. The minimum atomic E-state index is -5.22. The zero-order valence-electron chi connectivity index (χ0n) is 10.3. The van der Waals surface area contributed by atoms with Crippen LogP contribution in [0.15, 0.2) is 15.7 Å². The van der Waals surface area contributed by atoms with E-state index < -0.39 is 39.8 Å². The fourth-order valence-electron chi connectivity index (χ4n) is 1.58. The van der Waals surface area contributed by atoms with Gasteiger partial charge >= 0.3 is 18.4 Å². The summed E-state index contributed by atoms with van der Waals surface area (Å²) >= 11 is 0. The third-order valence-corrected chi connectivity index (χ3v) is 2.29. The monoisotopic (exact) mass is 286 g/mol. The highest BCUT2D eigenvalue weighted by Gasteiger charge is 2.39. The van der Waals surface area contributed by atoms with Crippen molar-refractivity contribution < 1.29 is 22.0 Å². The lowest BCUT2D eigenvalue weighted by Gasteiger charge is -2.24. The Morgan fingerprint density at radius 3 is 1.89 bits per heavy atom. The second kappa shape index (κ2) is 4.46. The first kappa shape index (κ1) is 15.4. The Balaban J connectivity index is 3.87. The van der Waals surface area contributed by atoms with Crippen LogP contribution in [0.25, 0.3) is 0 Å². The van der Waals surface area contributed by atoms with Gasteiger partial charge in [-0.05, 0) is 20.8 Å². The van der Waals surface area contributed by atoms with Crippen LogP contribution in [0.2, 0.25) is 0 Å². The van der Waals surface area contributed by atoms with Crippen molar-refractivity contribution in [2.75, 3.05) is 0 Å². The molecule has 1 heterocycles. The fourth-order valence-corrected chi connectivity index (χ4v) is 1.58. The summed E-state index contributed by atoms with van der Waals surface area (Å²) in [4.78, 5) is 23.2. The number of hydrogen-bond donors (Lipinski definition) is 0. The molecule has 1 aromatic heterocycles. The summed E-state index contributed by atoms with van der Waals surface area (Å²) in [7, 11) is 0. The third kappa shape index (κ3) is 2.85. The number of halogens is 5. The first-order valence-electron chi connectivity index (χ1n) is 5.12. The molecule has 0 aliphatic carbocycles. The molecule has 0 aliphatic heterocycles. The Hall–Kier alpha value is -1.67. The molecule has 0 aliphatic rings. The molecule has 0 bridgehead atoms. The van der Waals surface area contributed by atoms with Gasteiger partial charge in [0.2, 0.25) is 0 Å². The number of aromatic nitrogens is 2. The van der Waals surface area contributed by atoms with Crippen LogP contribution in [0.1, 0.15) is 33.0 Å². The van der Waals surface area contributed by atoms with Gasteiger partial charge in [0.05, 0.1) is 0 Å². The van der Waals surface area contributed by atoms with Crippen LogP contribution in [-0.4, -0.2) is 9.13 Å². The summed E-state index contributed by atoms with van der Waals surface area (Å²) < 4.78 is 62.6. The lowest BCUT2D eigenvalue weighted by molar-refractivity contribution is -0.150. The number of hydrogen-bond acceptors (Lipinski definition) is 2. The number of rotatable bonds is 1. The molecule has 0 amide bonds. The van der Waals surface area contributed by atoms with Crippen LogP contribution >= 0.6 is 0 Å². The van der Waals surface area contributed by atoms with E-state index in [1.54, 1.807) is 0 Å². The summed E-state index contributed by atoms with van der Waals surface area (Å²) in [5, 5.41) is 0. The van der Waals surface area contributed by atoms with E-state index in [2.05, 4.69) is 0 Å². The molecule has 1 aromatic rings. The SMILES string of the molecule is CC(C)(C)n1c(=O)cc(C(F)(F)F)n(C(F)F)c1=O. The topological polar surface area (TPSA) is 44.0 Å². The van der Waals surface area contributed by atoms with E-state index in [0.717, 1.165) is 0 Å². The molecule has 9 heteroatoms. The van der Waals surface area contributed by atoms with Gasteiger partial charge in [0.15, 0.2) is 0 Å². The van der Waals surface area contributed by atoms with Gasteiger partial charge in [0, 0.05) is 11.6 Å². The fraction of sp³-hybridized carbons (Fsp3) is 0.600. The van der Waals surface area contributed by atoms with Crippen LogP contribution < -0.4 is 11.2 Å². The quantitative estimate of drug-likeness (QED) is 0.743. The third-order valence-electron chi connectivity index (χ3n) is 2.29. The van der Waals surface area contributed by atoms with Crippen LogP contribution in [0.5, 0.6) is 0 Å². The molecule has 1 rings (SSSR count). The van der Waals surface area contributed by atoms with Crippen molar-refractivity contribution in [2.24, 2.45) is 0 Å². The lowest BCUT2D eigenvalue weighted by Crippen LogP contribution is -2.49. The Bertz CT molecular complexity index is 592. The van der Waals surface area contributed by atoms with Gasteiger partial charge in [-0.15, -0.1) is 0 Å². The highest BCUT2D eigenvalue weighted by atomic mass is 19.4. The van der Waals surface area contributed by atoms with Gasteiger partial charge in [-0.1, -0.05) is 0 Å². The van der Waals surface area contributed by atoms with E-state index in [4.69, 9.17) is 0 Å². The van der Waals surface area contributed by atoms with Crippen molar-refractivity contribution in [3.8, 4) is 0 Å². The zero-order valence-corrected chi connectivity index (χ0v) is 10.3. The molecule has 0 unspecified atom stereocenters. The Kier molecular flexibility index (Phi) is 3.61. The highest BCUT2D eigenvalue weighted by molar-refractivity contribution is 5.08. The predicted octanol–water partition coefficient (Wildman–Crippen LogP) is 2.18. The molecule has 0 fully saturated rings. The van der Waals surface area contributed by atoms with E-state index >= 15 is 0 Å². The molecule has 0 atom stereocenters. The molecule has 0 spiro atoms. The summed E-state index contributed by atoms with van der Waals surface area (Å²) in [6, 6.07) is -0.00118. The van der Waals surface area contributed by atoms with E-state index in [-0.39, 0.29) is 6.07 Å². The van der Waals surface area contributed by atoms with E-state index in [1.807, 2.05) is 0 Å². The molecule has 0 saturated heterocycles. The highest BCUT2D eigenvalue weighted by Crippen LogP contribution is 2.29. The summed E-state index contributed by atoms with van der Waals surface area (Å²) in [6.07, 6.45) is -5.22. The predicted molar refractivity (Wildman–Crippen MR) is 56.2 cm³/mol. The maximum absolute atomic E-state index is 12.7. The van der Waals surface area contributed by atoms with Crippen molar-refractivity contribution in [3.05, 3.63) is 32.6 Å². The summed E-state index contributed by atoms with van der Waals surface area (Å²) in [6.45, 7) is 0.342. The molecule has 108 valence electrons. The maximum atomic E-state index is 12.7. The van der Waals surface area contributed by atoms with Crippen molar-refractivity contribution in [2.45, 2.75) is 39.0 Å². The molecular weight excluding hydrogens is 275 g/mol. The second-order valence-electron chi connectivity index (χ2n) is 4.80. The molecule has 0 radical (unpaired) electrons. The zero-order chi connectivity index (χ0) is 15.2. The minimum absolute atomic E-state index is 0.00118. The molecule has 4 nitrogen and oxygen atoms in total. The molecule has 0 N–H and O–H groups in total. The van der Waals surface area contributed by atoms with Crippen molar-refractivity contribution in [1.82, 2.24) is 9.13 Å². The van der Waals surface area contributed by atoms with E-state index in [9.17, 15) is 31.5 Å². The molecular formula is C10H11F5N2O2. The summed E-state index contributed by atoms with van der Waals surface area (Å²) in [5.74, 6) is 0. The normalized spacial score (nSPS) is 13.1. The standard InChI is InChI=1S/C10H11F5N2O2/c1-9(2,3)17-6(18)4-5(10(13,14)15)16(7(11)12)8(17)19/h4,7H,1-3H3. The van der Waals surface area contributed by atoms with Gasteiger partial charge in [-0.25, -0.2) is 9.36 Å². The molecule has 19 heavy (non-hydrogen) atoms. The van der Waals surface area contributed by atoms with Gasteiger partial charge in [-0.3, -0.25) is 9.36 Å². The van der Waals surface area contributed by atoms with Crippen LogP contribution in [0.3, 0.4) is 0 Å². The van der Waals surface area contributed by atoms with Gasteiger partial charge in [0.1, 0.15) is 5.69 Å². The van der Waals surface area contributed by atoms with Crippen LogP contribution in [0.4, 0.5) is 22.0 Å². The number of nitrogens with zero attached hydrogens (tertiary/aromatic N) is 2. The maximum Gasteiger partial charge on any atom is 0.431 e. The largest absolute Gasteiger partial charge is 0.431 e. The number of alkyl halides is 5. The van der Waals surface area contributed by atoms with Gasteiger partial charge < -0.3 is 0 Å². The second-order valence-corrected chi connectivity index (χ2v) is 4.80. The smallest absolute Gasteiger partial charge is 0.269 e. The average Bonchev–Trinajstić information content (AvgIpc) is 2.11. The van der Waals surface area contributed by atoms with Gasteiger partial charge in [0.25, 0.3) is 5.56 Å². The van der Waals surface area contributed by atoms with E-state index in [1.165, 1.54) is 20.8 Å². The Morgan fingerprint density at radius 1 is 1.11 bits per heavy atom. The van der Waals surface area contributed by atoms with E-state index in [0.29, 0.717) is 4.57 Å². The van der Waals surface area contributed by atoms with Crippen LogP contribution in [-0.2, 0) is 11.7 Å². The Morgan fingerprint density at radius 2 is 1.58 bits per heavy atom. The van der Waals surface area contributed by atoms with Crippen molar-refractivity contribution >= 4 is 0 Å². The molecule has 0 aromatic carbocycles. The average molecular weight is 286 g/mol. The van der Waals surface area contributed by atoms with Crippen LogP contribution in [0, 0.1) is 0 Å². The molecule has 0 saturated carbocycles. The van der Waals surface area contributed by atoms with Gasteiger partial charge in [-0.2, -0.15) is 22.0 Å². The first-order valence-corrected chi connectivity index (χ1v) is 5.12.